The van der Waals surface area contributed by atoms with Crippen LogP contribution in [0.3, 0.4) is 0 Å². The first-order chi connectivity index (χ1) is 50.8. The molecular weight excluding hydrogens is 1510 g/mol. The molecule has 3 aromatic rings. The van der Waals surface area contributed by atoms with Gasteiger partial charge >= 0.3 is 17.9 Å². The maximum absolute atomic E-state index is 12.1. The highest BCUT2D eigenvalue weighted by Gasteiger charge is 2.32. The standard InChI is InChI=1S/C10H8N4O2S.C9H12N2O5S2.C7H6N2.C6H13NO2S.C4H5NO3S.H2N42/c15-9(7-5-17-10(16)11-7)14-8-4-2-1-3-6(8)12-13-14;1-4(12)10-5(7(13)14)2-17-8(15)6-3-18-9(16)11-6;1-2-4-7-6(3-1)5-8-9-7;1-4(2)7-5(3-10)6(8)9;6-3(7)2-1-9-4(8)5-2;1-3-5-7-9-11-13-15-17-19-21-23-25-27-29-31-33-35-37-39-41-42-40-38-36-34-32-30-28-26-24-22-20-18-16-14-12-10-8-6-4-2/h1-4,7H,5H2,(H,11,16);5-6H,2-3H2,1H3,(H,10,12)(H,11,16)(H,13,14);1-4H,5H2;4-5,7,10H,3H2,1-2H3,(H,8,9);2H,1H2,(H,5,8)(H,6,7);1-2H/b;;;;;3-1?,4-2?,7-5+,8-6+,11-9+,12-10+,15-13+,16-14+,19-17+,20-18+,23-21+,24-22+,27-25+,28-26+,31-29+,32-30+,35-33+,36-34+,39-37+,40-38+,42-41+/t7-;5-,6-;;5-;2-;/m00.00./s1. The number of nitrogens with one attached hydrogen (secondary N) is 7. The van der Waals surface area contributed by atoms with Gasteiger partial charge in [-0.05, 0) is 102 Å². The quantitative estimate of drug-likeness (QED) is 0.0162. The number of para-hydroxylation sites is 1. The smallest absolute Gasteiger partial charge is 0.327 e. The van der Waals surface area contributed by atoms with Crippen molar-refractivity contribution in [2.45, 2.75) is 63.6 Å². The second-order valence-corrected chi connectivity index (χ2v) is 21.2. The van der Waals surface area contributed by atoms with Gasteiger partial charge in [0.1, 0.15) is 35.7 Å². The van der Waals surface area contributed by atoms with Gasteiger partial charge in [0.25, 0.3) is 21.6 Å². The number of hydrogen-bond acceptors (Lipinski definition) is 21. The number of amides is 4. The van der Waals surface area contributed by atoms with Crippen molar-refractivity contribution in [2.24, 2.45) is 219 Å². The van der Waals surface area contributed by atoms with E-state index in [1.807, 2.05) is 44.2 Å². The predicted molar refractivity (Wildman–Crippen MR) is 344 cm³/mol. The lowest BCUT2D eigenvalue weighted by Gasteiger charge is -2.14. The Morgan fingerprint density at radius 1 is 0.543 bits per heavy atom. The fourth-order valence-electron chi connectivity index (χ4n) is 5.63. The van der Waals surface area contributed by atoms with Crippen LogP contribution in [0.2, 0.25) is 0 Å². The van der Waals surface area contributed by atoms with Crippen LogP contribution in [0.15, 0.2) is 268 Å². The van der Waals surface area contributed by atoms with Crippen LogP contribution >= 0.6 is 59.7 Å². The zero-order chi connectivity index (χ0) is 76.9. The van der Waals surface area contributed by atoms with E-state index in [0.29, 0.717) is 34.0 Å². The highest BCUT2D eigenvalue weighted by atomic mass is 32.2. The largest absolute Gasteiger partial charge is 0.480 e. The molecular formula is C36H46N52O12S5. The fourth-order valence-corrected chi connectivity index (χ4v) is 9.22. The Balaban J connectivity index is 0.000000483. The van der Waals surface area contributed by atoms with E-state index in [1.165, 1.54) is 17.2 Å². The van der Waals surface area contributed by atoms with Gasteiger partial charge in [0.2, 0.25) is 11.0 Å². The van der Waals surface area contributed by atoms with E-state index in [1.54, 1.807) is 12.1 Å². The Labute approximate surface area is 601 Å². The van der Waals surface area contributed by atoms with Gasteiger partial charge in [0.05, 0.1) is 17.7 Å². The SMILES string of the molecule is CC(=O)N[C@@H](CSC(=O)[C@@H]1CSC(=O)N1)C(=O)O.CC(C)N[C@@H](CS)C(=O)O.N=N/N=N/N=N/N=N/N=N/N=N/N=N/N=N/N=N/N=N/N=N/N=N/N=N/N=N/N=N/N=N/N=N/N=N/N=N/N=N/N=N.O=C1N[C@H](C(=O)O)CS1.O=C1N[C@H](C(=O)n2nnc3ccccc32)CS1.c1ccc2c(c1)CN=N2. The number of nitrogens with zero attached hydrogens (tertiary/aromatic N) is 45. The van der Waals surface area contributed by atoms with Crippen LogP contribution in [0.5, 0.6) is 0 Å². The predicted octanol–water partition coefficient (Wildman–Crippen LogP) is 11.0. The lowest BCUT2D eigenvalue weighted by molar-refractivity contribution is -0.141. The highest BCUT2D eigenvalue weighted by molar-refractivity contribution is 8.15. The van der Waals surface area contributed by atoms with Gasteiger partial charge in [-0.2, -0.15) is 38.6 Å². The summed E-state index contributed by atoms with van der Waals surface area (Å²) >= 11 is 7.80. The minimum Gasteiger partial charge on any atom is -0.480 e. The molecule has 64 nitrogen and oxygen atoms in total. The number of fused-ring (bicyclic) bond motifs is 2. The minimum atomic E-state index is -1.20. The number of thioether (sulfide) groups is 4. The number of carboxylic acid groups (broad SMARTS) is 3. The zero-order valence-corrected chi connectivity index (χ0v) is 56.7. The normalized spacial score (nSPS) is 17.3. The number of azo groups is 1. The average molecular weight is 1560 g/mol. The summed E-state index contributed by atoms with van der Waals surface area (Å²) in [7, 11) is 0. The molecule has 0 unspecified atom stereocenters. The molecule has 3 fully saturated rings. The molecule has 0 bridgehead atoms. The molecule has 5 atom stereocenters. The number of carboxylic acids is 3. The van der Waals surface area contributed by atoms with Gasteiger partial charge in [0, 0.05) is 173 Å². The number of carbonyl (C=O) groups is 9. The van der Waals surface area contributed by atoms with E-state index in [0.717, 1.165) is 59.3 Å². The van der Waals surface area contributed by atoms with E-state index >= 15 is 0 Å². The number of carbonyl (C=O) groups excluding carboxylic acids is 6. The molecule has 4 amide bonds. The van der Waals surface area contributed by atoms with Crippen LogP contribution in [-0.4, -0.2) is 146 Å². The molecule has 4 aliphatic rings. The molecule has 0 radical (unpaired) electrons. The van der Waals surface area contributed by atoms with Crippen molar-refractivity contribution >= 4 is 127 Å². The van der Waals surface area contributed by atoms with E-state index in [2.05, 4.69) is 275 Å². The van der Waals surface area contributed by atoms with Gasteiger partial charge in [-0.1, -0.05) is 96.4 Å². The summed E-state index contributed by atoms with van der Waals surface area (Å²) < 4.78 is 1.24. The molecule has 0 spiro atoms. The van der Waals surface area contributed by atoms with Crippen molar-refractivity contribution in [1.82, 2.24) is 41.6 Å². The van der Waals surface area contributed by atoms with E-state index in [4.69, 9.17) is 26.4 Å². The van der Waals surface area contributed by atoms with Crippen molar-refractivity contribution in [3.05, 3.63) is 54.1 Å². The zero-order valence-electron chi connectivity index (χ0n) is 52.5. The Bertz CT molecular complexity index is 3900. The molecule has 0 saturated carbocycles. The third-order valence-electron chi connectivity index (χ3n) is 9.52. The number of rotatable bonds is 31. The van der Waals surface area contributed by atoms with Gasteiger partial charge < -0.3 is 41.9 Å². The Kier molecular flexibility index (Phi) is 46.8. The second-order valence-electron chi connectivity index (χ2n) is 16.8. The Morgan fingerprint density at radius 3 is 1.22 bits per heavy atom. The molecule has 0 aliphatic carbocycles. The lowest BCUT2D eigenvalue weighted by atomic mass is 10.2. The van der Waals surface area contributed by atoms with Crippen molar-refractivity contribution < 1.29 is 58.5 Å². The van der Waals surface area contributed by atoms with E-state index in [9.17, 15) is 43.2 Å². The van der Waals surface area contributed by atoms with Crippen molar-refractivity contribution in [2.75, 3.05) is 28.8 Å². The molecule has 5 heterocycles. The number of benzene rings is 2. The summed E-state index contributed by atoms with van der Waals surface area (Å²) in [6.07, 6.45) is 0. The third kappa shape index (κ3) is 42.8. The summed E-state index contributed by atoms with van der Waals surface area (Å²) in [6, 6.07) is 12.0. The van der Waals surface area contributed by atoms with E-state index < -0.39 is 54.0 Å². The summed E-state index contributed by atoms with van der Waals surface area (Å²) in [5, 5.41) is 170. The first-order valence-corrected chi connectivity index (χ1v) is 31.3. The molecule has 69 heteroatoms. The molecule has 2 aromatic carbocycles. The summed E-state index contributed by atoms with van der Waals surface area (Å²) in [4.78, 5) is 98.1. The van der Waals surface area contributed by atoms with Crippen molar-refractivity contribution in [1.29, 1.82) is 11.1 Å². The average Bonchev–Trinajstić information content (AvgIpc) is 1.67. The Morgan fingerprint density at radius 2 is 0.905 bits per heavy atom. The Hall–Kier alpha value is -13.6. The van der Waals surface area contributed by atoms with Crippen LogP contribution in [0.25, 0.3) is 11.0 Å². The van der Waals surface area contributed by atoms with Crippen molar-refractivity contribution in [3.63, 3.8) is 0 Å². The number of aliphatic carboxylic acids is 3. The van der Waals surface area contributed by atoms with E-state index in [-0.39, 0.29) is 38.5 Å². The van der Waals surface area contributed by atoms with Gasteiger partial charge in [-0.25, -0.2) is 9.59 Å². The van der Waals surface area contributed by atoms with Gasteiger partial charge in [-0.3, -0.25) is 33.6 Å². The molecule has 3 saturated heterocycles. The first kappa shape index (κ1) is 87.5. The van der Waals surface area contributed by atoms with Crippen LogP contribution in [0.4, 0.5) is 20.1 Å². The monoisotopic (exact) mass is 1560 g/mol. The van der Waals surface area contributed by atoms with Crippen LogP contribution in [0, 0.1) is 11.1 Å². The number of thiol groups is 1. The molecule has 7 rings (SSSR count). The topological polar surface area (TPSA) is 872 Å². The second kappa shape index (κ2) is 56.2. The van der Waals surface area contributed by atoms with Crippen LogP contribution < -0.4 is 26.6 Å². The third-order valence-corrected chi connectivity index (χ3v) is 13.6. The summed E-state index contributed by atoms with van der Waals surface area (Å²) in [5.41, 5.74) is 16.1. The molecule has 552 valence electrons. The summed E-state index contributed by atoms with van der Waals surface area (Å²) in [6.45, 7) is 5.77. The number of hydrogen-bond donors (Lipinski definition) is 11. The maximum atomic E-state index is 12.1. The first-order valence-electron chi connectivity index (χ1n) is 26.7. The maximum Gasteiger partial charge on any atom is 0.327 e. The molecule has 1 aromatic heterocycles. The van der Waals surface area contributed by atoms with Gasteiger partial charge in [0.15, 0.2) is 0 Å². The highest BCUT2D eigenvalue weighted by Crippen LogP contribution is 2.25. The lowest BCUT2D eigenvalue weighted by Crippen LogP contribution is -2.42. The molecule has 105 heavy (non-hydrogen) atoms. The van der Waals surface area contributed by atoms with Crippen LogP contribution in [0.1, 0.15) is 31.1 Å². The fraction of sp³-hybridized carbons (Fsp3) is 0.417. The number of aromatic nitrogens is 3. The summed E-state index contributed by atoms with van der Waals surface area (Å²) in [5.74, 6) is -2.34. The van der Waals surface area contributed by atoms with Crippen molar-refractivity contribution in [3.8, 4) is 0 Å². The molecule has 10 N–H and O–H groups in total. The van der Waals surface area contributed by atoms with Crippen LogP contribution in [-0.2, 0) is 30.5 Å². The minimum absolute atomic E-state index is 0.0647. The molecule has 4 aliphatic heterocycles. The van der Waals surface area contributed by atoms with Gasteiger partial charge in [-0.15, -0.1) is 5.10 Å².